The molecule has 1 aromatic carbocycles. The van der Waals surface area contributed by atoms with Crippen molar-refractivity contribution in [1.29, 1.82) is 0 Å². The summed E-state index contributed by atoms with van der Waals surface area (Å²) in [5.41, 5.74) is 8.85. The quantitative estimate of drug-likeness (QED) is 0.822. The van der Waals surface area contributed by atoms with Crippen LogP contribution in [0.15, 0.2) is 24.3 Å². The summed E-state index contributed by atoms with van der Waals surface area (Å²) in [6.07, 6.45) is 3.80. The van der Waals surface area contributed by atoms with Crippen LogP contribution in [-0.2, 0) is 0 Å². The number of benzene rings is 1. The summed E-state index contributed by atoms with van der Waals surface area (Å²) in [6, 6.07) is 9.46. The van der Waals surface area contributed by atoms with E-state index in [-0.39, 0.29) is 6.04 Å². The average molecular weight is 218 g/mol. The van der Waals surface area contributed by atoms with E-state index in [4.69, 9.17) is 5.73 Å². The van der Waals surface area contributed by atoms with Gasteiger partial charge in [-0.3, -0.25) is 0 Å². The molecule has 0 aliphatic heterocycles. The van der Waals surface area contributed by atoms with E-state index in [1.54, 1.807) is 0 Å². The number of hydrogen-bond acceptors (Lipinski definition) is 2. The van der Waals surface area contributed by atoms with Crippen molar-refractivity contribution >= 4 is 0 Å². The molecule has 88 valence electrons. The molecule has 1 atom stereocenters. The van der Waals surface area contributed by atoms with Crippen molar-refractivity contribution in [2.24, 2.45) is 5.73 Å². The molecule has 0 bridgehead atoms. The van der Waals surface area contributed by atoms with Gasteiger partial charge in [0, 0.05) is 12.1 Å². The molecule has 2 nitrogen and oxygen atoms in total. The third kappa shape index (κ3) is 2.83. The van der Waals surface area contributed by atoms with E-state index in [0.29, 0.717) is 0 Å². The molecule has 1 aliphatic rings. The van der Waals surface area contributed by atoms with Crippen LogP contribution in [-0.4, -0.2) is 24.5 Å². The Morgan fingerprint density at radius 3 is 2.69 bits per heavy atom. The molecule has 0 aromatic heterocycles. The molecule has 1 fully saturated rings. The summed E-state index contributed by atoms with van der Waals surface area (Å²) in [6.45, 7) is 3.25. The molecular formula is C14H22N2. The van der Waals surface area contributed by atoms with Gasteiger partial charge in [-0.15, -0.1) is 0 Å². The summed E-state index contributed by atoms with van der Waals surface area (Å²) in [4.78, 5) is 2.44. The van der Waals surface area contributed by atoms with E-state index in [1.165, 1.54) is 24.0 Å². The lowest BCUT2D eigenvalue weighted by atomic mass is 9.99. The fraction of sp³-hybridized carbons (Fsp3) is 0.571. The highest BCUT2D eigenvalue weighted by molar-refractivity contribution is 5.28. The molecular weight excluding hydrogens is 196 g/mol. The SMILES string of the molecule is Cc1ccccc1C(N)CCN(C)C1CC1. The maximum Gasteiger partial charge on any atom is 0.0309 e. The molecule has 1 aliphatic carbocycles. The normalized spacial score (nSPS) is 17.8. The number of hydrogen-bond donors (Lipinski definition) is 1. The molecule has 2 heteroatoms. The van der Waals surface area contributed by atoms with Gasteiger partial charge >= 0.3 is 0 Å². The van der Waals surface area contributed by atoms with Crippen molar-refractivity contribution in [3.05, 3.63) is 35.4 Å². The van der Waals surface area contributed by atoms with Gasteiger partial charge in [-0.05, 0) is 50.9 Å². The Morgan fingerprint density at radius 2 is 2.06 bits per heavy atom. The van der Waals surface area contributed by atoms with Gasteiger partial charge in [0.05, 0.1) is 0 Å². The van der Waals surface area contributed by atoms with E-state index < -0.39 is 0 Å². The molecule has 0 spiro atoms. The lowest BCUT2D eigenvalue weighted by Crippen LogP contribution is -2.25. The van der Waals surface area contributed by atoms with Crippen molar-refractivity contribution in [3.8, 4) is 0 Å². The van der Waals surface area contributed by atoms with Crippen LogP contribution in [0.3, 0.4) is 0 Å². The maximum atomic E-state index is 6.24. The van der Waals surface area contributed by atoms with Crippen LogP contribution in [0.5, 0.6) is 0 Å². The minimum Gasteiger partial charge on any atom is -0.324 e. The highest BCUT2D eigenvalue weighted by atomic mass is 15.1. The zero-order chi connectivity index (χ0) is 11.5. The fourth-order valence-corrected chi connectivity index (χ4v) is 2.20. The lowest BCUT2D eigenvalue weighted by molar-refractivity contribution is 0.309. The second-order valence-electron chi connectivity index (χ2n) is 4.96. The van der Waals surface area contributed by atoms with E-state index in [2.05, 4.69) is 43.1 Å². The van der Waals surface area contributed by atoms with Gasteiger partial charge < -0.3 is 10.6 Å². The van der Waals surface area contributed by atoms with Crippen LogP contribution < -0.4 is 5.73 Å². The Bertz CT molecular complexity index is 344. The fourth-order valence-electron chi connectivity index (χ4n) is 2.20. The van der Waals surface area contributed by atoms with Crippen molar-refractivity contribution < 1.29 is 0 Å². The smallest absolute Gasteiger partial charge is 0.0309 e. The van der Waals surface area contributed by atoms with Crippen molar-refractivity contribution in [2.45, 2.75) is 38.3 Å². The molecule has 1 aromatic rings. The molecule has 0 radical (unpaired) electrons. The topological polar surface area (TPSA) is 29.3 Å². The molecule has 1 unspecified atom stereocenters. The molecule has 0 amide bonds. The van der Waals surface area contributed by atoms with Gasteiger partial charge in [-0.25, -0.2) is 0 Å². The highest BCUT2D eigenvalue weighted by Crippen LogP contribution is 2.26. The Hall–Kier alpha value is -0.860. The first-order valence-corrected chi connectivity index (χ1v) is 6.20. The first-order valence-electron chi connectivity index (χ1n) is 6.20. The van der Waals surface area contributed by atoms with Gasteiger partial charge in [-0.1, -0.05) is 24.3 Å². The third-order valence-corrected chi connectivity index (χ3v) is 3.55. The molecule has 2 N–H and O–H groups in total. The van der Waals surface area contributed by atoms with Gasteiger partial charge in [-0.2, -0.15) is 0 Å². The zero-order valence-corrected chi connectivity index (χ0v) is 10.3. The first kappa shape index (κ1) is 11.6. The van der Waals surface area contributed by atoms with E-state index in [9.17, 15) is 0 Å². The summed E-state index contributed by atoms with van der Waals surface area (Å²) < 4.78 is 0. The summed E-state index contributed by atoms with van der Waals surface area (Å²) in [5.74, 6) is 0. The molecule has 16 heavy (non-hydrogen) atoms. The summed E-state index contributed by atoms with van der Waals surface area (Å²) in [5, 5.41) is 0. The second-order valence-corrected chi connectivity index (χ2v) is 4.96. The number of nitrogens with two attached hydrogens (primary N) is 1. The predicted octanol–water partition coefficient (Wildman–Crippen LogP) is 2.48. The molecule has 1 saturated carbocycles. The van der Waals surface area contributed by atoms with E-state index in [0.717, 1.165) is 19.0 Å². The minimum atomic E-state index is 0.183. The minimum absolute atomic E-state index is 0.183. The second kappa shape index (κ2) is 4.98. The molecule has 2 rings (SSSR count). The van der Waals surface area contributed by atoms with Crippen molar-refractivity contribution in [3.63, 3.8) is 0 Å². The van der Waals surface area contributed by atoms with Gasteiger partial charge in [0.1, 0.15) is 0 Å². The Morgan fingerprint density at radius 1 is 1.38 bits per heavy atom. The Labute approximate surface area is 98.4 Å². The van der Waals surface area contributed by atoms with Crippen molar-refractivity contribution in [1.82, 2.24) is 4.90 Å². The first-order chi connectivity index (χ1) is 7.68. The van der Waals surface area contributed by atoms with Crippen LogP contribution in [0.25, 0.3) is 0 Å². The predicted molar refractivity (Wildman–Crippen MR) is 68.4 cm³/mol. The number of nitrogens with zero attached hydrogens (tertiary/aromatic N) is 1. The van der Waals surface area contributed by atoms with Crippen LogP contribution in [0, 0.1) is 6.92 Å². The third-order valence-electron chi connectivity index (χ3n) is 3.55. The standard InChI is InChI=1S/C14H22N2/c1-11-5-3-4-6-13(11)14(15)9-10-16(2)12-7-8-12/h3-6,12,14H,7-10,15H2,1-2H3. The van der Waals surface area contributed by atoms with Crippen LogP contribution in [0.2, 0.25) is 0 Å². The van der Waals surface area contributed by atoms with Crippen LogP contribution in [0.4, 0.5) is 0 Å². The van der Waals surface area contributed by atoms with Crippen molar-refractivity contribution in [2.75, 3.05) is 13.6 Å². The van der Waals surface area contributed by atoms with Gasteiger partial charge in [0.2, 0.25) is 0 Å². The summed E-state index contributed by atoms with van der Waals surface area (Å²) >= 11 is 0. The van der Waals surface area contributed by atoms with E-state index >= 15 is 0 Å². The molecule has 0 heterocycles. The zero-order valence-electron chi connectivity index (χ0n) is 10.3. The Kier molecular flexibility index (Phi) is 3.62. The van der Waals surface area contributed by atoms with Gasteiger partial charge in [0.15, 0.2) is 0 Å². The lowest BCUT2D eigenvalue weighted by Gasteiger charge is -2.20. The average Bonchev–Trinajstić information content (AvgIpc) is 3.10. The van der Waals surface area contributed by atoms with Gasteiger partial charge in [0.25, 0.3) is 0 Å². The number of rotatable bonds is 5. The monoisotopic (exact) mass is 218 g/mol. The maximum absolute atomic E-state index is 6.24. The Balaban J connectivity index is 1.87. The highest BCUT2D eigenvalue weighted by Gasteiger charge is 2.25. The van der Waals surface area contributed by atoms with E-state index in [1.807, 2.05) is 0 Å². The van der Waals surface area contributed by atoms with Crippen LogP contribution >= 0.6 is 0 Å². The summed E-state index contributed by atoms with van der Waals surface area (Å²) in [7, 11) is 2.21. The van der Waals surface area contributed by atoms with Crippen LogP contribution in [0.1, 0.15) is 36.4 Å². The molecule has 0 saturated heterocycles. The largest absolute Gasteiger partial charge is 0.324 e. The number of aryl methyl sites for hydroxylation is 1.